The molecule has 0 radical (unpaired) electrons. The van der Waals surface area contributed by atoms with Gasteiger partial charge in [-0.25, -0.2) is 0 Å². The van der Waals surface area contributed by atoms with Crippen LogP contribution in [0.1, 0.15) is 33.1 Å². The summed E-state index contributed by atoms with van der Waals surface area (Å²) in [6, 6.07) is 9.35. The third-order valence-electron chi connectivity index (χ3n) is 6.50. The Morgan fingerprint density at radius 3 is 2.56 bits per heavy atom. The number of nitriles is 1. The number of hydrogen-bond acceptors (Lipinski definition) is 6. The zero-order valence-electron chi connectivity index (χ0n) is 18.4. The normalized spacial score (nSPS) is 24.8. The summed E-state index contributed by atoms with van der Waals surface area (Å²) in [5, 5.41) is 34.7. The summed E-state index contributed by atoms with van der Waals surface area (Å²) >= 11 is 5.88. The molecule has 9 heteroatoms. The van der Waals surface area contributed by atoms with E-state index in [1.54, 1.807) is 24.3 Å². The largest absolute Gasteiger partial charge is 0.390 e. The van der Waals surface area contributed by atoms with Crippen LogP contribution in [0.2, 0.25) is 5.02 Å². The Labute approximate surface area is 193 Å². The van der Waals surface area contributed by atoms with E-state index in [9.17, 15) is 15.2 Å². The van der Waals surface area contributed by atoms with Gasteiger partial charge in [-0.3, -0.25) is 15.1 Å². The summed E-state index contributed by atoms with van der Waals surface area (Å²) in [6.45, 7) is 5.39. The van der Waals surface area contributed by atoms with Crippen molar-refractivity contribution in [2.24, 2.45) is 17.6 Å². The van der Waals surface area contributed by atoms with E-state index in [4.69, 9.17) is 22.7 Å². The van der Waals surface area contributed by atoms with Gasteiger partial charge >= 0.3 is 0 Å². The first-order valence-electron chi connectivity index (χ1n) is 10.8. The lowest BCUT2D eigenvalue weighted by molar-refractivity contribution is -0.114. The molecule has 2 aliphatic rings. The van der Waals surface area contributed by atoms with Gasteiger partial charge in [-0.2, -0.15) is 5.26 Å². The first-order chi connectivity index (χ1) is 15.1. The van der Waals surface area contributed by atoms with Gasteiger partial charge in [-0.1, -0.05) is 11.6 Å². The summed E-state index contributed by atoms with van der Waals surface area (Å²) in [4.78, 5) is 14.3. The average Bonchev–Trinajstić information content (AvgIpc) is 2.68. The van der Waals surface area contributed by atoms with Crippen LogP contribution < -0.4 is 16.4 Å². The lowest BCUT2D eigenvalue weighted by Gasteiger charge is -2.51. The van der Waals surface area contributed by atoms with E-state index in [1.165, 1.54) is 6.20 Å². The Hall–Kier alpha value is -2.60. The van der Waals surface area contributed by atoms with Crippen molar-refractivity contribution in [2.45, 2.75) is 50.8 Å². The second-order valence-electron chi connectivity index (χ2n) is 9.21. The Kier molecular flexibility index (Phi) is 7.44. The van der Waals surface area contributed by atoms with Crippen molar-refractivity contribution in [3.8, 4) is 6.07 Å². The highest BCUT2D eigenvalue weighted by Crippen LogP contribution is 2.35. The molecule has 1 aromatic carbocycles. The van der Waals surface area contributed by atoms with Crippen LogP contribution in [0.5, 0.6) is 0 Å². The molecule has 0 aromatic heterocycles. The van der Waals surface area contributed by atoms with Crippen LogP contribution in [-0.4, -0.2) is 52.5 Å². The van der Waals surface area contributed by atoms with E-state index in [0.717, 1.165) is 32.4 Å². The number of amidine groups is 1. The SMILES string of the molecule is CC(C)(O)C1CN([C@@H]2CCC(N/C=C(\C(=N)Nc3ccc(Cl)cc3)C(N)=O)[C@@H](C#N)C2)C1. The summed E-state index contributed by atoms with van der Waals surface area (Å²) in [5.74, 6) is -0.824. The number of amides is 1. The number of benzene rings is 1. The minimum absolute atomic E-state index is 0.00882. The second kappa shape index (κ2) is 9.90. The molecular formula is C23H31ClN6O2. The number of carbonyl (C=O) groups is 1. The smallest absolute Gasteiger partial charge is 0.253 e. The van der Waals surface area contributed by atoms with Crippen molar-refractivity contribution < 1.29 is 9.90 Å². The molecule has 3 atom stereocenters. The molecule has 6 N–H and O–H groups in total. The zero-order valence-corrected chi connectivity index (χ0v) is 19.2. The lowest BCUT2D eigenvalue weighted by atomic mass is 9.77. The second-order valence-corrected chi connectivity index (χ2v) is 9.65. The van der Waals surface area contributed by atoms with Crippen LogP contribution in [0, 0.1) is 28.6 Å². The number of halogens is 1. The molecular weight excluding hydrogens is 428 g/mol. The van der Waals surface area contributed by atoms with Crippen LogP contribution in [0.3, 0.4) is 0 Å². The number of nitrogens with zero attached hydrogens (tertiary/aromatic N) is 2. The van der Waals surface area contributed by atoms with E-state index in [0.29, 0.717) is 16.8 Å². The van der Waals surface area contributed by atoms with Crippen molar-refractivity contribution >= 4 is 29.0 Å². The van der Waals surface area contributed by atoms with Gasteiger partial charge in [0.25, 0.3) is 5.91 Å². The van der Waals surface area contributed by atoms with Gasteiger partial charge in [0.05, 0.1) is 23.2 Å². The predicted octanol–water partition coefficient (Wildman–Crippen LogP) is 2.45. The van der Waals surface area contributed by atoms with E-state index < -0.39 is 11.5 Å². The van der Waals surface area contributed by atoms with Crippen LogP contribution in [0.15, 0.2) is 36.0 Å². The number of primary amides is 1. The van der Waals surface area contributed by atoms with E-state index in [1.807, 2.05) is 13.8 Å². The molecule has 0 bridgehead atoms. The van der Waals surface area contributed by atoms with Crippen molar-refractivity contribution in [3.05, 3.63) is 41.1 Å². The summed E-state index contributed by atoms with van der Waals surface area (Å²) in [6.07, 6.45) is 3.87. The molecule has 1 unspecified atom stereocenters. The van der Waals surface area contributed by atoms with Gasteiger partial charge in [0.15, 0.2) is 0 Å². The maximum absolute atomic E-state index is 11.9. The topological polar surface area (TPSA) is 138 Å². The Morgan fingerprint density at radius 1 is 1.34 bits per heavy atom. The van der Waals surface area contributed by atoms with Gasteiger partial charge in [0, 0.05) is 48.0 Å². The van der Waals surface area contributed by atoms with E-state index in [-0.39, 0.29) is 29.3 Å². The van der Waals surface area contributed by atoms with E-state index >= 15 is 0 Å². The summed E-state index contributed by atoms with van der Waals surface area (Å²) in [5.41, 5.74) is 5.44. The number of likely N-dealkylation sites (tertiary alicyclic amines) is 1. The number of carbonyl (C=O) groups excluding carboxylic acids is 1. The maximum atomic E-state index is 11.9. The molecule has 0 spiro atoms. The van der Waals surface area contributed by atoms with Gasteiger partial charge in [-0.05, 0) is 57.4 Å². The molecule has 1 amide bonds. The molecule has 1 aliphatic heterocycles. The van der Waals surface area contributed by atoms with Crippen LogP contribution in [0.25, 0.3) is 0 Å². The van der Waals surface area contributed by atoms with Gasteiger partial charge in [-0.15, -0.1) is 0 Å². The predicted molar refractivity (Wildman–Crippen MR) is 125 cm³/mol. The maximum Gasteiger partial charge on any atom is 0.253 e. The van der Waals surface area contributed by atoms with Crippen molar-refractivity contribution in [3.63, 3.8) is 0 Å². The zero-order chi connectivity index (χ0) is 23.5. The fourth-order valence-corrected chi connectivity index (χ4v) is 4.41. The number of rotatable bonds is 7. The molecule has 1 aromatic rings. The first-order valence-corrected chi connectivity index (χ1v) is 11.2. The summed E-state index contributed by atoms with van der Waals surface area (Å²) < 4.78 is 0. The molecule has 8 nitrogen and oxygen atoms in total. The monoisotopic (exact) mass is 458 g/mol. The molecule has 2 fully saturated rings. The van der Waals surface area contributed by atoms with Gasteiger partial charge < -0.3 is 21.5 Å². The van der Waals surface area contributed by atoms with Crippen LogP contribution in [-0.2, 0) is 4.79 Å². The number of anilines is 1. The molecule has 1 saturated carbocycles. The standard InChI is InChI=1S/C23H31ClN6O2/c1-23(2,32)15-12-30(13-15)18-7-8-20(14(9-18)10-25)28-11-19(22(27)31)21(26)29-17-5-3-16(24)4-6-17/h3-6,11,14-15,18,20,28,32H,7-9,12-13H2,1-2H3,(H2,26,29)(H2,27,31)/b19-11+/t14-,18-,20?/m1/s1. The highest BCUT2D eigenvalue weighted by Gasteiger charge is 2.42. The lowest BCUT2D eigenvalue weighted by Crippen LogP contribution is -2.60. The Balaban J connectivity index is 1.58. The van der Waals surface area contributed by atoms with Crippen LogP contribution >= 0.6 is 11.6 Å². The average molecular weight is 459 g/mol. The number of hydrogen-bond donors (Lipinski definition) is 5. The molecule has 3 rings (SSSR count). The highest BCUT2D eigenvalue weighted by atomic mass is 35.5. The molecule has 1 heterocycles. The number of aliphatic hydroxyl groups is 1. The Bertz CT molecular complexity index is 912. The molecule has 32 heavy (non-hydrogen) atoms. The minimum Gasteiger partial charge on any atom is -0.390 e. The molecule has 172 valence electrons. The molecule has 1 saturated heterocycles. The Morgan fingerprint density at radius 2 is 2.00 bits per heavy atom. The third kappa shape index (κ3) is 5.80. The summed E-state index contributed by atoms with van der Waals surface area (Å²) in [7, 11) is 0. The van der Waals surface area contributed by atoms with Gasteiger partial charge in [0.2, 0.25) is 0 Å². The highest BCUT2D eigenvalue weighted by molar-refractivity contribution is 6.30. The number of nitrogens with one attached hydrogen (secondary N) is 3. The van der Waals surface area contributed by atoms with Crippen molar-refractivity contribution in [1.29, 1.82) is 10.7 Å². The number of nitrogens with two attached hydrogens (primary N) is 1. The fraction of sp³-hybridized carbons (Fsp3) is 0.522. The first kappa shape index (κ1) is 24.1. The van der Waals surface area contributed by atoms with Crippen LogP contribution in [0.4, 0.5) is 5.69 Å². The minimum atomic E-state index is -0.732. The van der Waals surface area contributed by atoms with Crippen molar-refractivity contribution in [2.75, 3.05) is 18.4 Å². The van der Waals surface area contributed by atoms with Gasteiger partial charge in [0.1, 0.15) is 5.84 Å². The fourth-order valence-electron chi connectivity index (χ4n) is 4.28. The van der Waals surface area contributed by atoms with E-state index in [2.05, 4.69) is 21.6 Å². The van der Waals surface area contributed by atoms with Crippen molar-refractivity contribution in [1.82, 2.24) is 10.2 Å². The molecule has 1 aliphatic carbocycles. The quantitative estimate of drug-likeness (QED) is 0.241. The third-order valence-corrected chi connectivity index (χ3v) is 6.76.